The predicted molar refractivity (Wildman–Crippen MR) is 135 cm³/mol. The van der Waals surface area contributed by atoms with Gasteiger partial charge in [0.05, 0.1) is 28.6 Å². The van der Waals surface area contributed by atoms with Crippen molar-refractivity contribution in [2.45, 2.75) is 19.5 Å². The Morgan fingerprint density at radius 2 is 1.79 bits per heavy atom. The van der Waals surface area contributed by atoms with E-state index in [9.17, 15) is 14.7 Å². The number of nitrogens with zero attached hydrogens (tertiary/aromatic N) is 1. The molecule has 1 amide bonds. The van der Waals surface area contributed by atoms with Crippen LogP contribution in [0.25, 0.3) is 11.0 Å². The van der Waals surface area contributed by atoms with E-state index in [1.807, 2.05) is 31.2 Å². The monoisotopic (exact) mass is 583 g/mol. The fourth-order valence-electron chi connectivity index (χ4n) is 4.30. The molecule has 34 heavy (non-hydrogen) atoms. The SMILES string of the molecule is COc1cc(C2c3c(oc4ccc(Br)cc4c3=O)C(=O)N2Cc2ccc(C)cc2)cc(Br)c1O. The minimum atomic E-state index is -0.728. The zero-order valence-electron chi connectivity index (χ0n) is 18.3. The number of phenols is 1. The molecule has 2 heterocycles. The van der Waals surface area contributed by atoms with Gasteiger partial charge in [-0.05, 0) is 64.3 Å². The number of phenolic OH excluding ortho intramolecular Hbond substituents is 1. The lowest BCUT2D eigenvalue weighted by Gasteiger charge is -2.26. The van der Waals surface area contributed by atoms with Crippen molar-refractivity contribution in [3.63, 3.8) is 0 Å². The number of halogens is 2. The Hall–Kier alpha value is -3.10. The van der Waals surface area contributed by atoms with Crippen LogP contribution in [0.4, 0.5) is 0 Å². The van der Waals surface area contributed by atoms with Crippen molar-refractivity contribution in [2.75, 3.05) is 7.11 Å². The van der Waals surface area contributed by atoms with Gasteiger partial charge in [-0.1, -0.05) is 45.8 Å². The van der Waals surface area contributed by atoms with E-state index < -0.39 is 6.04 Å². The average Bonchev–Trinajstić information content (AvgIpc) is 3.09. The van der Waals surface area contributed by atoms with E-state index in [1.165, 1.54) is 7.11 Å². The summed E-state index contributed by atoms with van der Waals surface area (Å²) in [6.07, 6.45) is 0. The topological polar surface area (TPSA) is 80.0 Å². The Balaban J connectivity index is 1.76. The van der Waals surface area contributed by atoms with E-state index in [-0.39, 0.29) is 40.7 Å². The molecule has 1 N–H and O–H groups in total. The van der Waals surface area contributed by atoms with E-state index >= 15 is 0 Å². The highest BCUT2D eigenvalue weighted by atomic mass is 79.9. The number of carbonyl (C=O) groups is 1. The van der Waals surface area contributed by atoms with Crippen LogP contribution in [0.1, 0.15) is 38.9 Å². The molecule has 0 bridgehead atoms. The summed E-state index contributed by atoms with van der Waals surface area (Å²) < 4.78 is 12.5. The molecule has 6 nitrogen and oxygen atoms in total. The third-order valence-electron chi connectivity index (χ3n) is 5.99. The third-order valence-corrected chi connectivity index (χ3v) is 7.09. The number of hydrogen-bond donors (Lipinski definition) is 1. The number of hydrogen-bond acceptors (Lipinski definition) is 5. The van der Waals surface area contributed by atoms with Crippen LogP contribution in [0.2, 0.25) is 0 Å². The lowest BCUT2D eigenvalue weighted by atomic mass is 9.97. The summed E-state index contributed by atoms with van der Waals surface area (Å²) in [6, 6.07) is 15.6. The molecule has 8 heteroatoms. The van der Waals surface area contributed by atoms with Crippen molar-refractivity contribution in [3.05, 3.63) is 102 Å². The van der Waals surface area contributed by atoms with Crippen molar-refractivity contribution in [2.24, 2.45) is 0 Å². The van der Waals surface area contributed by atoms with Crippen molar-refractivity contribution >= 4 is 48.7 Å². The lowest BCUT2D eigenvalue weighted by Crippen LogP contribution is -2.29. The maximum atomic E-state index is 13.7. The van der Waals surface area contributed by atoms with Gasteiger partial charge in [0.2, 0.25) is 5.76 Å². The number of aryl methyl sites for hydroxylation is 1. The summed E-state index contributed by atoms with van der Waals surface area (Å²) in [4.78, 5) is 28.9. The van der Waals surface area contributed by atoms with Crippen molar-refractivity contribution in [3.8, 4) is 11.5 Å². The molecule has 0 radical (unpaired) electrons. The average molecular weight is 585 g/mol. The number of rotatable bonds is 4. The predicted octanol–water partition coefficient (Wildman–Crippen LogP) is 6.09. The lowest BCUT2D eigenvalue weighted by molar-refractivity contribution is 0.0714. The molecular weight excluding hydrogens is 566 g/mol. The van der Waals surface area contributed by atoms with E-state index in [1.54, 1.807) is 35.2 Å². The first-order valence-electron chi connectivity index (χ1n) is 10.5. The quantitative estimate of drug-likeness (QED) is 0.314. The highest BCUT2D eigenvalue weighted by Crippen LogP contribution is 2.44. The van der Waals surface area contributed by atoms with Crippen LogP contribution >= 0.6 is 31.9 Å². The molecule has 1 aromatic heterocycles. The Morgan fingerprint density at radius 3 is 2.50 bits per heavy atom. The van der Waals surface area contributed by atoms with Crippen molar-refractivity contribution in [1.82, 2.24) is 4.90 Å². The normalized spacial score (nSPS) is 15.1. The molecule has 3 aromatic carbocycles. The van der Waals surface area contributed by atoms with Crippen LogP contribution in [0.15, 0.2) is 72.8 Å². The Bertz CT molecular complexity index is 1510. The number of fused-ring (bicyclic) bond motifs is 2. The van der Waals surface area contributed by atoms with Crippen LogP contribution in [0.3, 0.4) is 0 Å². The Kier molecular flexibility index (Phi) is 5.73. The van der Waals surface area contributed by atoms with Gasteiger partial charge in [0.1, 0.15) is 5.58 Å². The minimum absolute atomic E-state index is 0.0279. The van der Waals surface area contributed by atoms with E-state index in [2.05, 4.69) is 31.9 Å². The van der Waals surface area contributed by atoms with E-state index in [0.29, 0.717) is 21.0 Å². The highest BCUT2D eigenvalue weighted by molar-refractivity contribution is 9.10. The van der Waals surface area contributed by atoms with Gasteiger partial charge in [0, 0.05) is 11.0 Å². The Morgan fingerprint density at radius 1 is 1.06 bits per heavy atom. The fraction of sp³-hybridized carbons (Fsp3) is 0.154. The maximum absolute atomic E-state index is 13.7. The van der Waals surface area contributed by atoms with Gasteiger partial charge in [-0.3, -0.25) is 9.59 Å². The van der Waals surface area contributed by atoms with Crippen LogP contribution in [0, 0.1) is 6.92 Å². The molecule has 1 atom stereocenters. The van der Waals surface area contributed by atoms with Gasteiger partial charge in [-0.25, -0.2) is 0 Å². The highest BCUT2D eigenvalue weighted by Gasteiger charge is 2.43. The van der Waals surface area contributed by atoms with Crippen LogP contribution in [0.5, 0.6) is 11.5 Å². The van der Waals surface area contributed by atoms with E-state index in [0.717, 1.165) is 15.6 Å². The number of amides is 1. The third kappa shape index (κ3) is 3.71. The number of aromatic hydroxyl groups is 1. The van der Waals surface area contributed by atoms with Crippen LogP contribution in [-0.2, 0) is 6.54 Å². The molecule has 0 aliphatic carbocycles. The molecule has 0 fully saturated rings. The summed E-state index contributed by atoms with van der Waals surface area (Å²) in [6.45, 7) is 2.27. The smallest absolute Gasteiger partial charge is 0.291 e. The molecule has 0 saturated carbocycles. The zero-order chi connectivity index (χ0) is 24.1. The standard InChI is InChI=1S/C26H19Br2NO5/c1-13-3-5-14(6-4-13)12-29-22(15-9-18(28)24(31)20(10-15)33-2)21-23(30)17-11-16(27)7-8-19(17)34-25(21)26(29)32/h3-11,22,31H,12H2,1-2H3. The minimum Gasteiger partial charge on any atom is -0.503 e. The largest absolute Gasteiger partial charge is 0.503 e. The van der Waals surface area contributed by atoms with Gasteiger partial charge >= 0.3 is 0 Å². The van der Waals surface area contributed by atoms with Gasteiger partial charge in [0.25, 0.3) is 5.91 Å². The first-order chi connectivity index (χ1) is 16.3. The number of benzene rings is 3. The fourth-order valence-corrected chi connectivity index (χ4v) is 5.12. The van der Waals surface area contributed by atoms with E-state index in [4.69, 9.17) is 9.15 Å². The molecule has 172 valence electrons. The second kappa shape index (κ2) is 8.60. The first-order valence-corrected chi connectivity index (χ1v) is 12.1. The molecule has 1 unspecified atom stereocenters. The first kappa shape index (κ1) is 22.7. The number of carbonyl (C=O) groups excluding carboxylic acids is 1. The van der Waals surface area contributed by atoms with Gasteiger partial charge in [-0.2, -0.15) is 0 Å². The van der Waals surface area contributed by atoms with Crippen LogP contribution < -0.4 is 10.2 Å². The van der Waals surface area contributed by atoms with Crippen molar-refractivity contribution < 1.29 is 19.1 Å². The van der Waals surface area contributed by atoms with Gasteiger partial charge < -0.3 is 19.2 Å². The maximum Gasteiger partial charge on any atom is 0.291 e. The summed E-state index contributed by atoms with van der Waals surface area (Å²) in [5, 5.41) is 10.7. The molecule has 4 aromatic rings. The number of ether oxygens (including phenoxy) is 1. The Labute approximate surface area is 212 Å². The molecule has 0 spiro atoms. The second-order valence-electron chi connectivity index (χ2n) is 8.19. The zero-order valence-corrected chi connectivity index (χ0v) is 21.4. The molecule has 1 aliphatic rings. The number of methoxy groups -OCH3 is 1. The van der Waals surface area contributed by atoms with Crippen LogP contribution in [-0.4, -0.2) is 23.0 Å². The molecule has 0 saturated heterocycles. The molecule has 5 rings (SSSR count). The molecular formula is C26H19Br2NO5. The van der Waals surface area contributed by atoms with Crippen molar-refractivity contribution in [1.29, 1.82) is 0 Å². The summed E-state index contributed by atoms with van der Waals surface area (Å²) >= 11 is 6.77. The van der Waals surface area contributed by atoms with Gasteiger partial charge in [-0.15, -0.1) is 0 Å². The summed E-state index contributed by atoms with van der Waals surface area (Å²) in [7, 11) is 1.45. The second-order valence-corrected chi connectivity index (χ2v) is 9.96. The molecule has 1 aliphatic heterocycles. The summed E-state index contributed by atoms with van der Waals surface area (Å²) in [5.74, 6) is -0.172. The summed E-state index contributed by atoms with van der Waals surface area (Å²) in [5.41, 5.74) is 2.98. The van der Waals surface area contributed by atoms with Gasteiger partial charge in [0.15, 0.2) is 16.9 Å².